The molecule has 4 heteroatoms. The first kappa shape index (κ1) is 12.7. The molecule has 0 N–H and O–H groups in total. The Morgan fingerprint density at radius 3 is 2.85 bits per heavy atom. The van der Waals surface area contributed by atoms with Crippen molar-refractivity contribution in [3.8, 4) is 6.07 Å². The molecule has 0 atom stereocenters. The Labute approximate surface area is 120 Å². The molecule has 0 spiro atoms. The van der Waals surface area contributed by atoms with E-state index in [4.69, 9.17) is 16.9 Å². The van der Waals surface area contributed by atoms with Gasteiger partial charge in [0.05, 0.1) is 18.2 Å². The van der Waals surface area contributed by atoms with Gasteiger partial charge in [0.2, 0.25) is 0 Å². The molecule has 2 aromatic carbocycles. The zero-order valence-corrected chi connectivity index (χ0v) is 11.2. The maximum absolute atomic E-state index is 13.8. The molecule has 0 fully saturated rings. The van der Waals surface area contributed by atoms with Gasteiger partial charge in [-0.25, -0.2) is 4.39 Å². The van der Waals surface area contributed by atoms with Crippen LogP contribution in [-0.4, -0.2) is 4.57 Å². The van der Waals surface area contributed by atoms with Gasteiger partial charge in [0.25, 0.3) is 0 Å². The number of benzene rings is 2. The van der Waals surface area contributed by atoms with Crippen LogP contribution in [0.5, 0.6) is 0 Å². The molecule has 0 saturated heterocycles. The van der Waals surface area contributed by atoms with Crippen molar-refractivity contribution >= 4 is 22.5 Å². The molecule has 0 bridgehead atoms. The Morgan fingerprint density at radius 2 is 2.05 bits per heavy atom. The van der Waals surface area contributed by atoms with Crippen LogP contribution in [0.4, 0.5) is 4.39 Å². The van der Waals surface area contributed by atoms with E-state index in [2.05, 4.69) is 6.07 Å². The monoisotopic (exact) mass is 284 g/mol. The molecule has 0 amide bonds. The summed E-state index contributed by atoms with van der Waals surface area (Å²) in [4.78, 5) is 0. The second-order valence-corrected chi connectivity index (χ2v) is 4.97. The number of halogens is 2. The van der Waals surface area contributed by atoms with Crippen molar-refractivity contribution in [3.63, 3.8) is 0 Å². The Morgan fingerprint density at radius 1 is 1.20 bits per heavy atom. The fraction of sp³-hybridized carbons (Fsp3) is 0.0625. The van der Waals surface area contributed by atoms with Crippen LogP contribution in [-0.2, 0) is 6.54 Å². The first-order valence-electron chi connectivity index (χ1n) is 6.11. The molecule has 98 valence electrons. The summed E-state index contributed by atoms with van der Waals surface area (Å²) < 4.78 is 15.7. The lowest BCUT2D eigenvalue weighted by Crippen LogP contribution is -2.00. The number of rotatable bonds is 2. The van der Waals surface area contributed by atoms with Crippen molar-refractivity contribution in [2.45, 2.75) is 6.54 Å². The number of nitriles is 1. The number of hydrogen-bond donors (Lipinski definition) is 0. The molecule has 0 aliphatic carbocycles. The fourth-order valence-corrected chi connectivity index (χ4v) is 2.50. The molecule has 1 heterocycles. The van der Waals surface area contributed by atoms with Crippen LogP contribution >= 0.6 is 11.6 Å². The van der Waals surface area contributed by atoms with Crippen LogP contribution in [0.25, 0.3) is 10.9 Å². The van der Waals surface area contributed by atoms with Gasteiger partial charge in [-0.05, 0) is 36.4 Å². The van der Waals surface area contributed by atoms with Crippen molar-refractivity contribution in [1.82, 2.24) is 4.57 Å². The summed E-state index contributed by atoms with van der Waals surface area (Å²) in [6, 6.07) is 14.1. The van der Waals surface area contributed by atoms with Gasteiger partial charge in [-0.15, -0.1) is 0 Å². The maximum Gasteiger partial charge on any atom is 0.128 e. The Kier molecular flexibility index (Phi) is 3.17. The summed E-state index contributed by atoms with van der Waals surface area (Å²) in [5, 5.41) is 10.5. The normalized spacial score (nSPS) is 10.7. The van der Waals surface area contributed by atoms with Crippen LogP contribution in [0.3, 0.4) is 0 Å². The Hall–Kier alpha value is -2.31. The highest BCUT2D eigenvalue weighted by molar-refractivity contribution is 6.30. The van der Waals surface area contributed by atoms with Crippen molar-refractivity contribution < 1.29 is 4.39 Å². The zero-order chi connectivity index (χ0) is 14.1. The molecule has 3 aromatic rings. The first-order valence-corrected chi connectivity index (χ1v) is 6.49. The lowest BCUT2D eigenvalue weighted by molar-refractivity contribution is 0.602. The molecule has 0 saturated carbocycles. The fourth-order valence-electron chi connectivity index (χ4n) is 2.31. The summed E-state index contributed by atoms with van der Waals surface area (Å²) in [6.45, 7) is 0.380. The molecule has 0 radical (unpaired) electrons. The number of nitrogens with zero attached hydrogens (tertiary/aromatic N) is 2. The van der Waals surface area contributed by atoms with E-state index in [1.165, 1.54) is 12.1 Å². The topological polar surface area (TPSA) is 28.7 Å². The smallest absolute Gasteiger partial charge is 0.128 e. The van der Waals surface area contributed by atoms with Gasteiger partial charge in [-0.3, -0.25) is 0 Å². The third-order valence-corrected chi connectivity index (χ3v) is 3.52. The lowest BCUT2D eigenvalue weighted by Gasteiger charge is -2.07. The highest BCUT2D eigenvalue weighted by Crippen LogP contribution is 2.22. The molecule has 3 rings (SSSR count). The summed E-state index contributed by atoms with van der Waals surface area (Å²) in [7, 11) is 0. The second-order valence-electron chi connectivity index (χ2n) is 4.53. The van der Waals surface area contributed by atoms with Crippen LogP contribution in [0, 0.1) is 17.1 Å². The average molecular weight is 285 g/mol. The summed E-state index contributed by atoms with van der Waals surface area (Å²) >= 11 is 5.90. The summed E-state index contributed by atoms with van der Waals surface area (Å²) in [5.74, 6) is -0.285. The predicted molar refractivity (Wildman–Crippen MR) is 77.2 cm³/mol. The second kappa shape index (κ2) is 4.99. The maximum atomic E-state index is 13.8. The minimum Gasteiger partial charge on any atom is -0.343 e. The SMILES string of the molecule is N#Cc1cccc2c1ccn2Cc1cc(Cl)ccc1F. The largest absolute Gasteiger partial charge is 0.343 e. The van der Waals surface area contributed by atoms with E-state index < -0.39 is 0 Å². The van der Waals surface area contributed by atoms with Crippen molar-refractivity contribution in [1.29, 1.82) is 5.26 Å². The summed E-state index contributed by atoms with van der Waals surface area (Å²) in [5.41, 5.74) is 2.05. The molecule has 2 nitrogen and oxygen atoms in total. The number of hydrogen-bond acceptors (Lipinski definition) is 1. The van der Waals surface area contributed by atoms with Crippen LogP contribution in [0.1, 0.15) is 11.1 Å². The van der Waals surface area contributed by atoms with E-state index >= 15 is 0 Å². The molecule has 0 aliphatic rings. The van der Waals surface area contributed by atoms with Crippen molar-refractivity contribution in [2.75, 3.05) is 0 Å². The zero-order valence-electron chi connectivity index (χ0n) is 10.5. The highest BCUT2D eigenvalue weighted by atomic mass is 35.5. The van der Waals surface area contributed by atoms with Crippen LogP contribution < -0.4 is 0 Å². The Balaban J connectivity index is 2.08. The van der Waals surface area contributed by atoms with Gasteiger partial charge in [-0.1, -0.05) is 17.7 Å². The molecule has 0 unspecified atom stereocenters. The van der Waals surface area contributed by atoms with Gasteiger partial charge in [-0.2, -0.15) is 5.26 Å². The van der Waals surface area contributed by atoms with Gasteiger partial charge >= 0.3 is 0 Å². The van der Waals surface area contributed by atoms with E-state index in [1.54, 1.807) is 12.1 Å². The third-order valence-electron chi connectivity index (χ3n) is 3.28. The van der Waals surface area contributed by atoms with Crippen molar-refractivity contribution in [2.24, 2.45) is 0 Å². The molecule has 1 aromatic heterocycles. The predicted octanol–water partition coefficient (Wildman–Crippen LogP) is 4.35. The van der Waals surface area contributed by atoms with E-state index in [0.717, 1.165) is 10.9 Å². The van der Waals surface area contributed by atoms with E-state index in [-0.39, 0.29) is 5.82 Å². The molecular formula is C16H10ClFN2. The first-order chi connectivity index (χ1) is 9.69. The van der Waals surface area contributed by atoms with Crippen LogP contribution in [0.15, 0.2) is 48.7 Å². The number of aromatic nitrogens is 1. The van der Waals surface area contributed by atoms with Gasteiger partial charge in [0, 0.05) is 27.7 Å². The standard InChI is InChI=1S/C16H10ClFN2/c17-13-4-5-15(18)12(8-13)10-20-7-6-14-11(9-19)2-1-3-16(14)20/h1-8H,10H2. The Bertz CT molecular complexity index is 830. The van der Waals surface area contributed by atoms with E-state index in [0.29, 0.717) is 22.7 Å². The lowest BCUT2D eigenvalue weighted by atomic mass is 10.1. The quantitative estimate of drug-likeness (QED) is 0.687. The molecular weight excluding hydrogens is 275 g/mol. The van der Waals surface area contributed by atoms with Gasteiger partial charge in [0.15, 0.2) is 0 Å². The molecule has 20 heavy (non-hydrogen) atoms. The minimum absolute atomic E-state index is 0.285. The van der Waals surface area contributed by atoms with Gasteiger partial charge < -0.3 is 4.57 Å². The van der Waals surface area contributed by atoms with Crippen LogP contribution in [0.2, 0.25) is 5.02 Å². The number of fused-ring (bicyclic) bond motifs is 1. The minimum atomic E-state index is -0.285. The third kappa shape index (κ3) is 2.15. The summed E-state index contributed by atoms with van der Waals surface area (Å²) in [6.07, 6.45) is 1.85. The molecule has 0 aliphatic heterocycles. The average Bonchev–Trinajstić information content (AvgIpc) is 2.86. The van der Waals surface area contributed by atoms with E-state index in [9.17, 15) is 4.39 Å². The van der Waals surface area contributed by atoms with E-state index in [1.807, 2.05) is 29.0 Å². The van der Waals surface area contributed by atoms with Gasteiger partial charge in [0.1, 0.15) is 5.82 Å². The van der Waals surface area contributed by atoms with Crippen molar-refractivity contribution in [3.05, 3.63) is 70.6 Å². The highest BCUT2D eigenvalue weighted by Gasteiger charge is 2.08.